The first-order chi connectivity index (χ1) is 9.19. The summed E-state index contributed by atoms with van der Waals surface area (Å²) in [5.74, 6) is 0.812. The van der Waals surface area contributed by atoms with Crippen molar-refractivity contribution in [2.75, 3.05) is 6.54 Å². The molecule has 1 aromatic carbocycles. The Labute approximate surface area is 125 Å². The number of rotatable bonds is 6. The lowest BCUT2D eigenvalue weighted by atomic mass is 10.2. The van der Waals surface area contributed by atoms with Gasteiger partial charge >= 0.3 is 0 Å². The molecule has 102 valence electrons. The van der Waals surface area contributed by atoms with Crippen molar-refractivity contribution in [3.8, 4) is 10.9 Å². The molecule has 2 aromatic rings. The fourth-order valence-electron chi connectivity index (χ4n) is 1.54. The average Bonchev–Trinajstić information content (AvgIpc) is 2.81. The standard InChI is InChI=1S/C13H16BrN3OS/c1-3-6-15-8-12-16-17-13(19-12)18-11-5-4-10(14)7-9(11)2/h4-5,7,15H,3,6,8H2,1-2H3. The summed E-state index contributed by atoms with van der Waals surface area (Å²) in [6.45, 7) is 5.87. The lowest BCUT2D eigenvalue weighted by molar-refractivity contribution is 0.469. The number of ether oxygens (including phenoxy) is 1. The van der Waals surface area contributed by atoms with Crippen LogP contribution in [0.15, 0.2) is 22.7 Å². The molecule has 0 radical (unpaired) electrons. The maximum absolute atomic E-state index is 5.75. The van der Waals surface area contributed by atoms with Crippen LogP contribution in [0.5, 0.6) is 10.9 Å². The quantitative estimate of drug-likeness (QED) is 0.809. The lowest BCUT2D eigenvalue weighted by Crippen LogP contribution is -2.13. The Morgan fingerprint density at radius 1 is 1.37 bits per heavy atom. The maximum atomic E-state index is 5.75. The van der Waals surface area contributed by atoms with Crippen molar-refractivity contribution in [1.29, 1.82) is 0 Å². The molecule has 0 spiro atoms. The third kappa shape index (κ3) is 4.26. The summed E-state index contributed by atoms with van der Waals surface area (Å²) in [6, 6.07) is 5.89. The summed E-state index contributed by atoms with van der Waals surface area (Å²) in [5, 5.41) is 13.0. The summed E-state index contributed by atoms with van der Waals surface area (Å²) in [7, 11) is 0. The van der Waals surface area contributed by atoms with Gasteiger partial charge in [-0.15, -0.1) is 5.10 Å². The lowest BCUT2D eigenvalue weighted by Gasteiger charge is -2.04. The number of nitrogens with zero attached hydrogens (tertiary/aromatic N) is 2. The minimum absolute atomic E-state index is 0.582. The van der Waals surface area contributed by atoms with E-state index in [1.807, 2.05) is 25.1 Å². The Morgan fingerprint density at radius 2 is 2.21 bits per heavy atom. The molecule has 0 aliphatic rings. The summed E-state index contributed by atoms with van der Waals surface area (Å²) in [4.78, 5) is 0. The number of halogens is 1. The molecule has 0 unspecified atom stereocenters. The van der Waals surface area contributed by atoms with Crippen LogP contribution in [-0.4, -0.2) is 16.7 Å². The van der Waals surface area contributed by atoms with Crippen molar-refractivity contribution in [2.45, 2.75) is 26.8 Å². The number of nitrogens with one attached hydrogen (secondary N) is 1. The third-order valence-electron chi connectivity index (χ3n) is 2.49. The fourth-order valence-corrected chi connectivity index (χ4v) is 2.69. The Morgan fingerprint density at radius 3 is 2.95 bits per heavy atom. The number of aromatic nitrogens is 2. The summed E-state index contributed by atoms with van der Waals surface area (Å²) in [5.41, 5.74) is 1.07. The van der Waals surface area contributed by atoms with Gasteiger partial charge in [-0.1, -0.05) is 39.3 Å². The summed E-state index contributed by atoms with van der Waals surface area (Å²) >= 11 is 4.90. The van der Waals surface area contributed by atoms with Crippen LogP contribution in [0.4, 0.5) is 0 Å². The van der Waals surface area contributed by atoms with Crippen molar-refractivity contribution >= 4 is 27.3 Å². The second-order valence-corrected chi connectivity index (χ2v) is 6.09. The topological polar surface area (TPSA) is 47.0 Å². The van der Waals surface area contributed by atoms with Gasteiger partial charge in [0.15, 0.2) is 0 Å². The molecular weight excluding hydrogens is 326 g/mol. The number of hydrogen-bond donors (Lipinski definition) is 1. The van der Waals surface area contributed by atoms with Crippen LogP contribution >= 0.6 is 27.3 Å². The molecule has 0 aliphatic carbocycles. The van der Waals surface area contributed by atoms with Crippen LogP contribution in [0, 0.1) is 6.92 Å². The smallest absolute Gasteiger partial charge is 0.299 e. The van der Waals surface area contributed by atoms with E-state index >= 15 is 0 Å². The molecule has 0 saturated carbocycles. The van der Waals surface area contributed by atoms with Crippen LogP contribution < -0.4 is 10.1 Å². The molecule has 19 heavy (non-hydrogen) atoms. The monoisotopic (exact) mass is 341 g/mol. The molecule has 1 aromatic heterocycles. The van der Waals surface area contributed by atoms with E-state index in [-0.39, 0.29) is 0 Å². The van der Waals surface area contributed by atoms with Crippen LogP contribution in [0.2, 0.25) is 0 Å². The van der Waals surface area contributed by atoms with Gasteiger partial charge in [0.05, 0.1) is 0 Å². The molecule has 0 fully saturated rings. The van der Waals surface area contributed by atoms with Crippen molar-refractivity contribution in [2.24, 2.45) is 0 Å². The third-order valence-corrected chi connectivity index (χ3v) is 3.78. The van der Waals surface area contributed by atoms with E-state index in [0.717, 1.165) is 40.3 Å². The average molecular weight is 342 g/mol. The molecule has 6 heteroatoms. The molecule has 1 heterocycles. The van der Waals surface area contributed by atoms with E-state index in [1.54, 1.807) is 0 Å². The fraction of sp³-hybridized carbons (Fsp3) is 0.385. The first kappa shape index (κ1) is 14.4. The van der Waals surface area contributed by atoms with E-state index in [1.165, 1.54) is 11.3 Å². The predicted octanol–water partition coefficient (Wildman–Crippen LogP) is 3.90. The van der Waals surface area contributed by atoms with Gasteiger partial charge in [0.25, 0.3) is 5.19 Å². The van der Waals surface area contributed by atoms with Crippen molar-refractivity contribution in [3.05, 3.63) is 33.2 Å². The predicted molar refractivity (Wildman–Crippen MR) is 80.9 cm³/mol. The van der Waals surface area contributed by atoms with Gasteiger partial charge in [-0.05, 0) is 43.7 Å². The van der Waals surface area contributed by atoms with E-state index in [0.29, 0.717) is 5.19 Å². The van der Waals surface area contributed by atoms with Gasteiger partial charge in [0.2, 0.25) is 0 Å². The number of benzene rings is 1. The zero-order valence-electron chi connectivity index (χ0n) is 10.9. The Balaban J connectivity index is 1.99. The van der Waals surface area contributed by atoms with Crippen LogP contribution in [0.1, 0.15) is 23.9 Å². The van der Waals surface area contributed by atoms with Crippen LogP contribution in [0.25, 0.3) is 0 Å². The highest BCUT2D eigenvalue weighted by molar-refractivity contribution is 9.10. The van der Waals surface area contributed by atoms with Gasteiger partial charge < -0.3 is 10.1 Å². The van der Waals surface area contributed by atoms with Crippen molar-refractivity contribution in [3.63, 3.8) is 0 Å². The van der Waals surface area contributed by atoms with Gasteiger partial charge in [-0.2, -0.15) is 0 Å². The van der Waals surface area contributed by atoms with E-state index in [4.69, 9.17) is 4.74 Å². The molecular formula is C13H16BrN3OS. The largest absolute Gasteiger partial charge is 0.430 e. The Kier molecular flexibility index (Phi) is 5.30. The number of aryl methyl sites for hydroxylation is 1. The summed E-state index contributed by atoms with van der Waals surface area (Å²) in [6.07, 6.45) is 1.11. The molecule has 0 atom stereocenters. The van der Waals surface area contributed by atoms with Crippen LogP contribution in [-0.2, 0) is 6.54 Å². The first-order valence-electron chi connectivity index (χ1n) is 6.16. The molecule has 1 N–H and O–H groups in total. The van der Waals surface area contributed by atoms with E-state index in [2.05, 4.69) is 38.4 Å². The SMILES string of the molecule is CCCNCc1nnc(Oc2ccc(Br)cc2C)s1. The minimum Gasteiger partial charge on any atom is -0.430 e. The maximum Gasteiger partial charge on any atom is 0.299 e. The zero-order valence-corrected chi connectivity index (χ0v) is 13.3. The zero-order chi connectivity index (χ0) is 13.7. The van der Waals surface area contributed by atoms with Gasteiger partial charge in [-0.25, -0.2) is 0 Å². The molecule has 0 bridgehead atoms. The highest BCUT2D eigenvalue weighted by Gasteiger charge is 2.08. The molecule has 2 rings (SSSR count). The number of hydrogen-bond acceptors (Lipinski definition) is 5. The molecule has 0 amide bonds. The van der Waals surface area contributed by atoms with Crippen LogP contribution in [0.3, 0.4) is 0 Å². The Hall–Kier alpha value is -0.980. The van der Waals surface area contributed by atoms with Gasteiger partial charge in [0.1, 0.15) is 10.8 Å². The van der Waals surface area contributed by atoms with E-state index < -0.39 is 0 Å². The van der Waals surface area contributed by atoms with Crippen molar-refractivity contribution in [1.82, 2.24) is 15.5 Å². The highest BCUT2D eigenvalue weighted by atomic mass is 79.9. The van der Waals surface area contributed by atoms with Crippen molar-refractivity contribution < 1.29 is 4.74 Å². The minimum atomic E-state index is 0.582. The van der Waals surface area contributed by atoms with Gasteiger partial charge in [-0.3, -0.25) is 0 Å². The second kappa shape index (κ2) is 6.98. The molecule has 0 aliphatic heterocycles. The highest BCUT2D eigenvalue weighted by Crippen LogP contribution is 2.29. The van der Waals surface area contributed by atoms with Gasteiger partial charge in [0, 0.05) is 11.0 Å². The normalized spacial score (nSPS) is 10.7. The molecule has 0 saturated heterocycles. The van der Waals surface area contributed by atoms with E-state index in [9.17, 15) is 0 Å². The summed E-state index contributed by atoms with van der Waals surface area (Å²) < 4.78 is 6.79. The Bertz CT molecular complexity index is 544. The molecule has 4 nitrogen and oxygen atoms in total. The first-order valence-corrected chi connectivity index (χ1v) is 7.77. The second-order valence-electron chi connectivity index (χ2n) is 4.15.